The summed E-state index contributed by atoms with van der Waals surface area (Å²) in [5.74, 6) is 0. The molecule has 0 aliphatic carbocycles. The Balaban J connectivity index is 3.27. The molecule has 0 bridgehead atoms. The predicted molar refractivity (Wildman–Crippen MR) is 57.2 cm³/mol. The van der Waals surface area contributed by atoms with Gasteiger partial charge in [0.15, 0.2) is 6.10 Å². The van der Waals surface area contributed by atoms with E-state index in [2.05, 4.69) is 0 Å². The second kappa shape index (κ2) is 4.76. The van der Waals surface area contributed by atoms with Crippen LogP contribution in [0.3, 0.4) is 0 Å². The Morgan fingerprint density at radius 2 is 1.62 bits per heavy atom. The van der Waals surface area contributed by atoms with Crippen molar-refractivity contribution in [2.75, 3.05) is 0 Å². The van der Waals surface area contributed by atoms with Gasteiger partial charge in [-0.2, -0.15) is 10.5 Å². The molecule has 82 valence electrons. The topological polar surface area (TPSA) is 88.0 Å². The predicted octanol–water partition coefficient (Wildman–Crippen LogP) is 1.09. The average molecular weight is 216 g/mol. The summed E-state index contributed by atoms with van der Waals surface area (Å²) in [7, 11) is 0. The minimum Gasteiger partial charge on any atom is -0.385 e. The van der Waals surface area contributed by atoms with Gasteiger partial charge in [0, 0.05) is 0 Å². The van der Waals surface area contributed by atoms with Gasteiger partial charge in [0.2, 0.25) is 0 Å². The van der Waals surface area contributed by atoms with Crippen LogP contribution in [0.1, 0.15) is 28.4 Å². The zero-order valence-electron chi connectivity index (χ0n) is 9.10. The molecule has 1 rings (SSSR count). The molecule has 4 nitrogen and oxygen atoms in total. The Bertz CT molecular complexity index is 460. The standard InChI is InChI=1S/C12H12N2O2/c1-7-3-9(5-13)4-8(2)11(7)12(16)10(15)6-14/h3-4,10,12,15-16H,1-2H3. The van der Waals surface area contributed by atoms with Crippen LogP contribution in [0.25, 0.3) is 0 Å². The van der Waals surface area contributed by atoms with Gasteiger partial charge in [0.05, 0.1) is 17.7 Å². The van der Waals surface area contributed by atoms with Gasteiger partial charge in [-0.25, -0.2) is 0 Å². The Morgan fingerprint density at radius 1 is 1.12 bits per heavy atom. The third kappa shape index (κ3) is 2.20. The van der Waals surface area contributed by atoms with Crippen LogP contribution in [0.15, 0.2) is 12.1 Å². The van der Waals surface area contributed by atoms with Gasteiger partial charge >= 0.3 is 0 Å². The number of benzene rings is 1. The first-order chi connectivity index (χ1) is 7.51. The summed E-state index contributed by atoms with van der Waals surface area (Å²) in [6.45, 7) is 3.47. The minimum atomic E-state index is -1.45. The molecule has 0 aliphatic heterocycles. The molecule has 0 aromatic heterocycles. The smallest absolute Gasteiger partial charge is 0.170 e. The van der Waals surface area contributed by atoms with Gasteiger partial charge < -0.3 is 10.2 Å². The van der Waals surface area contributed by atoms with Crippen molar-refractivity contribution in [2.24, 2.45) is 0 Å². The molecule has 0 saturated carbocycles. The normalized spacial score (nSPS) is 13.6. The van der Waals surface area contributed by atoms with E-state index in [1.54, 1.807) is 32.0 Å². The fourth-order valence-electron chi connectivity index (χ4n) is 1.73. The fraction of sp³-hybridized carbons (Fsp3) is 0.333. The first-order valence-corrected chi connectivity index (χ1v) is 4.78. The van der Waals surface area contributed by atoms with E-state index in [9.17, 15) is 10.2 Å². The minimum absolute atomic E-state index is 0.498. The van der Waals surface area contributed by atoms with E-state index in [0.717, 1.165) is 0 Å². The maximum Gasteiger partial charge on any atom is 0.170 e. The maximum atomic E-state index is 9.76. The number of aryl methyl sites for hydroxylation is 2. The number of nitrogens with zero attached hydrogens (tertiary/aromatic N) is 2. The molecule has 0 fully saturated rings. The first-order valence-electron chi connectivity index (χ1n) is 4.78. The van der Waals surface area contributed by atoms with Crippen molar-refractivity contribution in [3.05, 3.63) is 34.4 Å². The van der Waals surface area contributed by atoms with Gasteiger partial charge in [0.1, 0.15) is 6.10 Å². The van der Waals surface area contributed by atoms with E-state index in [1.807, 2.05) is 6.07 Å². The van der Waals surface area contributed by atoms with E-state index in [0.29, 0.717) is 22.3 Å². The molecule has 0 amide bonds. The summed E-state index contributed by atoms with van der Waals surface area (Å²) in [6.07, 6.45) is -2.69. The summed E-state index contributed by atoms with van der Waals surface area (Å²) in [5, 5.41) is 36.3. The molecule has 4 heteroatoms. The molecule has 0 heterocycles. The SMILES string of the molecule is Cc1cc(C#N)cc(C)c1C(O)C(O)C#N. The van der Waals surface area contributed by atoms with E-state index in [1.165, 1.54) is 0 Å². The molecule has 1 aromatic carbocycles. The molecule has 0 saturated heterocycles. The van der Waals surface area contributed by atoms with Crippen LogP contribution < -0.4 is 0 Å². The molecule has 0 radical (unpaired) electrons. The van der Waals surface area contributed by atoms with E-state index < -0.39 is 12.2 Å². The molecule has 1 aromatic rings. The third-order valence-corrected chi connectivity index (χ3v) is 2.45. The van der Waals surface area contributed by atoms with Crippen molar-refractivity contribution < 1.29 is 10.2 Å². The molecule has 16 heavy (non-hydrogen) atoms. The van der Waals surface area contributed by atoms with Crippen LogP contribution >= 0.6 is 0 Å². The van der Waals surface area contributed by atoms with Gasteiger partial charge in [-0.3, -0.25) is 0 Å². The highest BCUT2D eigenvalue weighted by Gasteiger charge is 2.21. The number of aliphatic hydroxyl groups excluding tert-OH is 2. The number of rotatable bonds is 2. The Labute approximate surface area is 94.0 Å². The van der Waals surface area contributed by atoms with Crippen LogP contribution in [-0.4, -0.2) is 16.3 Å². The Kier molecular flexibility index (Phi) is 3.63. The van der Waals surface area contributed by atoms with Crippen molar-refractivity contribution in [3.8, 4) is 12.1 Å². The maximum absolute atomic E-state index is 9.76. The van der Waals surface area contributed by atoms with Crippen molar-refractivity contribution in [3.63, 3.8) is 0 Å². The summed E-state index contributed by atoms with van der Waals surface area (Å²) in [5.41, 5.74) is 2.39. The second-order valence-electron chi connectivity index (χ2n) is 3.65. The molecule has 2 unspecified atom stereocenters. The molecule has 0 aliphatic rings. The van der Waals surface area contributed by atoms with Gasteiger partial charge in [-0.1, -0.05) is 0 Å². The zero-order valence-corrected chi connectivity index (χ0v) is 9.10. The summed E-state index contributed by atoms with van der Waals surface area (Å²) in [6, 6.07) is 6.84. The molecule has 0 spiro atoms. The number of hydrogen-bond acceptors (Lipinski definition) is 4. The summed E-state index contributed by atoms with van der Waals surface area (Å²) >= 11 is 0. The fourth-order valence-corrected chi connectivity index (χ4v) is 1.73. The van der Waals surface area contributed by atoms with Crippen molar-refractivity contribution >= 4 is 0 Å². The molecule has 2 atom stereocenters. The van der Waals surface area contributed by atoms with E-state index in [-0.39, 0.29) is 0 Å². The Hall–Kier alpha value is -1.88. The van der Waals surface area contributed by atoms with E-state index in [4.69, 9.17) is 10.5 Å². The first kappa shape index (κ1) is 12.2. The number of hydrogen-bond donors (Lipinski definition) is 2. The van der Waals surface area contributed by atoms with E-state index >= 15 is 0 Å². The van der Waals surface area contributed by atoms with Crippen LogP contribution in [0.5, 0.6) is 0 Å². The zero-order chi connectivity index (χ0) is 12.3. The third-order valence-electron chi connectivity index (χ3n) is 2.45. The largest absolute Gasteiger partial charge is 0.385 e. The summed E-state index contributed by atoms with van der Waals surface area (Å²) in [4.78, 5) is 0. The van der Waals surface area contributed by atoms with Gasteiger partial charge in [0.25, 0.3) is 0 Å². The molecular formula is C12H12N2O2. The summed E-state index contributed by atoms with van der Waals surface area (Å²) < 4.78 is 0. The number of nitriles is 2. The van der Waals surface area contributed by atoms with Gasteiger partial charge in [-0.05, 0) is 42.7 Å². The quantitative estimate of drug-likeness (QED) is 0.724. The van der Waals surface area contributed by atoms with Crippen LogP contribution in [-0.2, 0) is 0 Å². The second-order valence-corrected chi connectivity index (χ2v) is 3.65. The highest BCUT2D eigenvalue weighted by molar-refractivity contribution is 5.44. The monoisotopic (exact) mass is 216 g/mol. The highest BCUT2D eigenvalue weighted by atomic mass is 16.3. The lowest BCUT2D eigenvalue weighted by molar-refractivity contribution is 0.0519. The van der Waals surface area contributed by atoms with Crippen LogP contribution in [0.4, 0.5) is 0 Å². The van der Waals surface area contributed by atoms with Crippen LogP contribution in [0, 0.1) is 36.5 Å². The molecule has 2 N–H and O–H groups in total. The highest BCUT2D eigenvalue weighted by Crippen LogP contribution is 2.25. The average Bonchev–Trinajstić information content (AvgIpc) is 2.26. The lowest BCUT2D eigenvalue weighted by Crippen LogP contribution is -2.18. The van der Waals surface area contributed by atoms with Crippen LogP contribution in [0.2, 0.25) is 0 Å². The Morgan fingerprint density at radius 3 is 2.00 bits per heavy atom. The van der Waals surface area contributed by atoms with Crippen molar-refractivity contribution in [1.82, 2.24) is 0 Å². The van der Waals surface area contributed by atoms with Crippen molar-refractivity contribution in [2.45, 2.75) is 26.1 Å². The lowest BCUT2D eigenvalue weighted by Gasteiger charge is -2.17. The van der Waals surface area contributed by atoms with Crippen molar-refractivity contribution in [1.29, 1.82) is 10.5 Å². The lowest BCUT2D eigenvalue weighted by atomic mass is 9.93. The van der Waals surface area contributed by atoms with Gasteiger partial charge in [-0.15, -0.1) is 0 Å². The molecular weight excluding hydrogens is 204 g/mol. The number of aliphatic hydroxyl groups is 2.